The fourth-order valence-electron chi connectivity index (χ4n) is 3.58. The molecule has 1 aliphatic heterocycles. The zero-order valence-electron chi connectivity index (χ0n) is 16.0. The van der Waals surface area contributed by atoms with Gasteiger partial charge < -0.3 is 15.5 Å². The molecule has 1 unspecified atom stereocenters. The SMILES string of the molecule is CNC(=O)CC1C(=O)NCCN1C(=O)c1cc(C)nc2c(C)cc(C)cc12. The van der Waals surface area contributed by atoms with Crippen LogP contribution in [-0.4, -0.2) is 53.8 Å². The van der Waals surface area contributed by atoms with Crippen LogP contribution in [0.5, 0.6) is 0 Å². The summed E-state index contributed by atoms with van der Waals surface area (Å²) in [7, 11) is 1.51. The summed E-state index contributed by atoms with van der Waals surface area (Å²) in [6, 6.07) is 4.92. The number of benzene rings is 1. The van der Waals surface area contributed by atoms with Crippen molar-refractivity contribution in [3.63, 3.8) is 0 Å². The molecule has 142 valence electrons. The molecule has 2 heterocycles. The van der Waals surface area contributed by atoms with Gasteiger partial charge >= 0.3 is 0 Å². The van der Waals surface area contributed by atoms with Crippen LogP contribution in [0.1, 0.15) is 33.6 Å². The number of nitrogens with one attached hydrogen (secondary N) is 2. The van der Waals surface area contributed by atoms with Crippen LogP contribution in [-0.2, 0) is 9.59 Å². The van der Waals surface area contributed by atoms with Crippen LogP contribution >= 0.6 is 0 Å². The Morgan fingerprint density at radius 1 is 1.26 bits per heavy atom. The third-order valence-corrected chi connectivity index (χ3v) is 4.86. The van der Waals surface area contributed by atoms with E-state index in [4.69, 9.17) is 0 Å². The number of carbonyl (C=O) groups excluding carboxylic acids is 3. The summed E-state index contributed by atoms with van der Waals surface area (Å²) in [5, 5.41) is 6.03. The minimum atomic E-state index is -0.819. The number of rotatable bonds is 3. The molecule has 3 amide bonds. The number of piperazine rings is 1. The molecule has 1 fully saturated rings. The number of pyridine rings is 1. The molecule has 1 aliphatic rings. The minimum absolute atomic E-state index is 0.0614. The van der Waals surface area contributed by atoms with E-state index in [-0.39, 0.29) is 24.1 Å². The monoisotopic (exact) mass is 368 g/mol. The molecule has 3 rings (SSSR count). The maximum atomic E-state index is 13.4. The number of carbonyl (C=O) groups is 3. The van der Waals surface area contributed by atoms with Crippen molar-refractivity contribution in [1.29, 1.82) is 0 Å². The lowest BCUT2D eigenvalue weighted by Gasteiger charge is -2.35. The van der Waals surface area contributed by atoms with Gasteiger partial charge in [0.1, 0.15) is 6.04 Å². The second-order valence-corrected chi connectivity index (χ2v) is 6.97. The van der Waals surface area contributed by atoms with Crippen molar-refractivity contribution in [2.45, 2.75) is 33.2 Å². The van der Waals surface area contributed by atoms with E-state index in [0.717, 1.165) is 27.7 Å². The van der Waals surface area contributed by atoms with E-state index in [9.17, 15) is 14.4 Å². The number of nitrogens with zero attached hydrogens (tertiary/aromatic N) is 2. The molecule has 1 atom stereocenters. The molecule has 0 bridgehead atoms. The lowest BCUT2D eigenvalue weighted by Crippen LogP contribution is -2.58. The van der Waals surface area contributed by atoms with Crippen LogP contribution in [0.3, 0.4) is 0 Å². The first-order chi connectivity index (χ1) is 12.8. The van der Waals surface area contributed by atoms with E-state index < -0.39 is 6.04 Å². The maximum absolute atomic E-state index is 13.4. The second-order valence-electron chi connectivity index (χ2n) is 6.97. The van der Waals surface area contributed by atoms with Gasteiger partial charge in [0.2, 0.25) is 11.8 Å². The molecule has 7 nitrogen and oxygen atoms in total. The largest absolute Gasteiger partial charge is 0.359 e. The molecule has 27 heavy (non-hydrogen) atoms. The summed E-state index contributed by atoms with van der Waals surface area (Å²) >= 11 is 0. The first-order valence-corrected chi connectivity index (χ1v) is 8.99. The van der Waals surface area contributed by atoms with Gasteiger partial charge in [-0.15, -0.1) is 0 Å². The van der Waals surface area contributed by atoms with Gasteiger partial charge in [0.25, 0.3) is 5.91 Å². The third-order valence-electron chi connectivity index (χ3n) is 4.86. The van der Waals surface area contributed by atoms with Crippen molar-refractivity contribution in [1.82, 2.24) is 20.5 Å². The van der Waals surface area contributed by atoms with Crippen molar-refractivity contribution >= 4 is 28.6 Å². The fraction of sp³-hybridized carbons (Fsp3) is 0.400. The fourth-order valence-corrected chi connectivity index (χ4v) is 3.58. The van der Waals surface area contributed by atoms with Gasteiger partial charge in [-0.05, 0) is 38.5 Å². The molecule has 0 radical (unpaired) electrons. The molecule has 2 aromatic rings. The predicted octanol–water partition coefficient (Wildman–Crippen LogP) is 1.24. The highest BCUT2D eigenvalue weighted by Gasteiger charge is 2.35. The summed E-state index contributed by atoms with van der Waals surface area (Å²) in [5.41, 5.74) is 4.08. The Kier molecular flexibility index (Phi) is 5.12. The number of aromatic nitrogens is 1. The smallest absolute Gasteiger partial charge is 0.255 e. The Morgan fingerprint density at radius 2 is 2.00 bits per heavy atom. The summed E-state index contributed by atoms with van der Waals surface area (Å²) < 4.78 is 0. The molecule has 2 N–H and O–H groups in total. The Balaban J connectivity index is 2.08. The molecule has 1 aromatic heterocycles. The Hall–Kier alpha value is -2.96. The normalized spacial score (nSPS) is 17.0. The quantitative estimate of drug-likeness (QED) is 0.853. The molecule has 7 heteroatoms. The van der Waals surface area contributed by atoms with E-state index in [1.165, 1.54) is 11.9 Å². The predicted molar refractivity (Wildman–Crippen MR) is 102 cm³/mol. The Bertz CT molecular complexity index is 938. The highest BCUT2D eigenvalue weighted by molar-refractivity contribution is 6.08. The van der Waals surface area contributed by atoms with E-state index >= 15 is 0 Å². The van der Waals surface area contributed by atoms with Crippen LogP contribution in [0, 0.1) is 20.8 Å². The van der Waals surface area contributed by atoms with E-state index in [1.807, 2.05) is 32.9 Å². The second kappa shape index (κ2) is 7.34. The summed E-state index contributed by atoms with van der Waals surface area (Å²) in [4.78, 5) is 43.7. The topological polar surface area (TPSA) is 91.4 Å². The number of hydrogen-bond acceptors (Lipinski definition) is 4. The van der Waals surface area contributed by atoms with Crippen molar-refractivity contribution in [2.24, 2.45) is 0 Å². The Morgan fingerprint density at radius 3 is 2.70 bits per heavy atom. The van der Waals surface area contributed by atoms with Crippen molar-refractivity contribution in [3.05, 3.63) is 40.6 Å². The molecular weight excluding hydrogens is 344 g/mol. The maximum Gasteiger partial charge on any atom is 0.255 e. The number of hydrogen-bond donors (Lipinski definition) is 2. The zero-order valence-corrected chi connectivity index (χ0v) is 16.0. The first-order valence-electron chi connectivity index (χ1n) is 8.99. The van der Waals surface area contributed by atoms with Gasteiger partial charge in [-0.25, -0.2) is 0 Å². The molecule has 1 aromatic carbocycles. The number of amides is 3. The lowest BCUT2D eigenvalue weighted by atomic mass is 9.99. The number of fused-ring (bicyclic) bond motifs is 1. The number of aryl methyl sites for hydroxylation is 3. The van der Waals surface area contributed by atoms with Crippen LogP contribution in [0.25, 0.3) is 10.9 Å². The van der Waals surface area contributed by atoms with Crippen LogP contribution in [0.2, 0.25) is 0 Å². The third kappa shape index (κ3) is 3.63. The van der Waals surface area contributed by atoms with Gasteiger partial charge in [-0.1, -0.05) is 11.6 Å². The average Bonchev–Trinajstić information content (AvgIpc) is 2.62. The summed E-state index contributed by atoms with van der Waals surface area (Å²) in [6.07, 6.45) is -0.0614. The van der Waals surface area contributed by atoms with Gasteiger partial charge in [0.05, 0.1) is 17.5 Å². The van der Waals surface area contributed by atoms with Crippen molar-refractivity contribution in [3.8, 4) is 0 Å². The van der Waals surface area contributed by atoms with Gasteiger partial charge in [-0.2, -0.15) is 0 Å². The van der Waals surface area contributed by atoms with E-state index in [1.54, 1.807) is 6.07 Å². The van der Waals surface area contributed by atoms with Gasteiger partial charge in [-0.3, -0.25) is 19.4 Å². The highest BCUT2D eigenvalue weighted by atomic mass is 16.2. The molecule has 0 spiro atoms. The average molecular weight is 368 g/mol. The highest BCUT2D eigenvalue weighted by Crippen LogP contribution is 2.26. The summed E-state index contributed by atoms with van der Waals surface area (Å²) in [5.74, 6) is -0.836. The van der Waals surface area contributed by atoms with Crippen LogP contribution in [0.15, 0.2) is 18.2 Å². The minimum Gasteiger partial charge on any atom is -0.359 e. The van der Waals surface area contributed by atoms with Gasteiger partial charge in [0, 0.05) is 31.2 Å². The molecule has 1 saturated heterocycles. The molecule has 0 saturated carbocycles. The van der Waals surface area contributed by atoms with Gasteiger partial charge in [0.15, 0.2) is 0 Å². The molecule has 0 aliphatic carbocycles. The van der Waals surface area contributed by atoms with Crippen molar-refractivity contribution in [2.75, 3.05) is 20.1 Å². The van der Waals surface area contributed by atoms with Crippen molar-refractivity contribution < 1.29 is 14.4 Å². The zero-order chi connectivity index (χ0) is 19.7. The first kappa shape index (κ1) is 18.8. The van der Waals surface area contributed by atoms with Crippen LogP contribution in [0.4, 0.5) is 0 Å². The molecular formula is C20H24N4O3. The lowest BCUT2D eigenvalue weighted by molar-refractivity contribution is -0.132. The van der Waals surface area contributed by atoms with E-state index in [0.29, 0.717) is 18.7 Å². The standard InChI is InChI=1S/C20H24N4O3/c1-11-7-12(2)18-14(8-11)15(9-13(3)23-18)20(27)24-6-5-22-19(26)16(24)10-17(25)21-4/h7-9,16H,5-6,10H2,1-4H3,(H,21,25)(H,22,26). The summed E-state index contributed by atoms with van der Waals surface area (Å²) in [6.45, 7) is 6.53. The van der Waals surface area contributed by atoms with E-state index in [2.05, 4.69) is 15.6 Å². The Labute approximate surface area is 158 Å². The van der Waals surface area contributed by atoms with Crippen LogP contribution < -0.4 is 10.6 Å².